The van der Waals surface area contributed by atoms with E-state index in [4.69, 9.17) is 10.9 Å². The molecule has 1 amide bonds. The Labute approximate surface area is 109 Å². The molecule has 1 unspecified atom stereocenters. The molecular formula is C13H25N3O2. The average molecular weight is 255 g/mol. The van der Waals surface area contributed by atoms with E-state index in [1.807, 2.05) is 13.8 Å². The van der Waals surface area contributed by atoms with Crippen LogP contribution in [-0.4, -0.2) is 23.5 Å². The number of carbonyl (C=O) groups is 1. The summed E-state index contributed by atoms with van der Waals surface area (Å²) in [5.41, 5.74) is 5.13. The molecular weight excluding hydrogens is 230 g/mol. The number of nitrogens with one attached hydrogen (secondary N) is 1. The molecule has 1 atom stereocenters. The molecule has 0 saturated heterocycles. The summed E-state index contributed by atoms with van der Waals surface area (Å²) >= 11 is 0. The summed E-state index contributed by atoms with van der Waals surface area (Å²) in [6, 6.07) is 0. The van der Waals surface area contributed by atoms with Crippen molar-refractivity contribution >= 4 is 11.7 Å². The minimum absolute atomic E-state index is 0.0700. The molecule has 5 nitrogen and oxygen atoms in total. The topological polar surface area (TPSA) is 87.7 Å². The van der Waals surface area contributed by atoms with Gasteiger partial charge in [0.25, 0.3) is 0 Å². The van der Waals surface area contributed by atoms with Gasteiger partial charge in [-0.1, -0.05) is 39.3 Å². The summed E-state index contributed by atoms with van der Waals surface area (Å²) in [7, 11) is 0. The second kappa shape index (κ2) is 5.16. The van der Waals surface area contributed by atoms with Crippen LogP contribution in [0.2, 0.25) is 0 Å². The lowest BCUT2D eigenvalue weighted by Crippen LogP contribution is -2.45. The fourth-order valence-corrected chi connectivity index (χ4v) is 2.47. The molecule has 18 heavy (non-hydrogen) atoms. The van der Waals surface area contributed by atoms with Gasteiger partial charge in [-0.05, 0) is 18.3 Å². The van der Waals surface area contributed by atoms with E-state index < -0.39 is 5.41 Å². The minimum Gasteiger partial charge on any atom is -0.409 e. The van der Waals surface area contributed by atoms with Gasteiger partial charge in [-0.15, -0.1) is 0 Å². The molecule has 1 fully saturated rings. The zero-order chi connectivity index (χ0) is 14.0. The zero-order valence-corrected chi connectivity index (χ0v) is 11.8. The molecule has 5 heteroatoms. The summed E-state index contributed by atoms with van der Waals surface area (Å²) in [4.78, 5) is 12.2. The van der Waals surface area contributed by atoms with Crippen molar-refractivity contribution in [3.63, 3.8) is 0 Å². The highest BCUT2D eigenvalue weighted by Gasteiger charge is 2.39. The first-order valence-electron chi connectivity index (χ1n) is 6.46. The highest BCUT2D eigenvalue weighted by Crippen LogP contribution is 2.42. The highest BCUT2D eigenvalue weighted by molar-refractivity contribution is 5.86. The molecule has 0 radical (unpaired) electrons. The minimum atomic E-state index is -0.535. The molecule has 0 heterocycles. The highest BCUT2D eigenvalue weighted by atomic mass is 16.4. The number of hydrogen-bond acceptors (Lipinski definition) is 3. The van der Waals surface area contributed by atoms with Crippen LogP contribution < -0.4 is 11.1 Å². The number of nitrogens with zero attached hydrogens (tertiary/aromatic N) is 1. The van der Waals surface area contributed by atoms with Gasteiger partial charge in [0.1, 0.15) is 5.84 Å². The summed E-state index contributed by atoms with van der Waals surface area (Å²) in [6.45, 7) is 8.33. The lowest BCUT2D eigenvalue weighted by Gasteiger charge is -2.28. The maximum Gasteiger partial charge on any atom is 0.223 e. The Hall–Kier alpha value is -1.26. The van der Waals surface area contributed by atoms with Gasteiger partial charge in [0.2, 0.25) is 5.91 Å². The van der Waals surface area contributed by atoms with E-state index in [0.717, 1.165) is 19.3 Å². The van der Waals surface area contributed by atoms with E-state index in [1.54, 1.807) is 0 Å². The van der Waals surface area contributed by atoms with E-state index in [0.29, 0.717) is 6.54 Å². The van der Waals surface area contributed by atoms with Crippen molar-refractivity contribution < 1.29 is 10.0 Å². The molecule has 1 aliphatic carbocycles. The molecule has 0 aliphatic heterocycles. The third-order valence-electron chi connectivity index (χ3n) is 4.08. The van der Waals surface area contributed by atoms with Crippen LogP contribution in [0, 0.1) is 16.7 Å². The van der Waals surface area contributed by atoms with Crippen LogP contribution in [0.1, 0.15) is 47.0 Å². The van der Waals surface area contributed by atoms with E-state index >= 15 is 0 Å². The van der Waals surface area contributed by atoms with Crippen LogP contribution in [0.15, 0.2) is 5.16 Å². The van der Waals surface area contributed by atoms with Gasteiger partial charge in [0.05, 0.1) is 0 Å². The molecule has 1 rings (SSSR count). The first-order chi connectivity index (χ1) is 8.20. The fourth-order valence-electron chi connectivity index (χ4n) is 2.47. The molecule has 0 aromatic heterocycles. The maximum atomic E-state index is 12.2. The number of rotatable bonds is 4. The number of nitrogens with two attached hydrogens (primary N) is 1. The third kappa shape index (κ3) is 3.15. The van der Waals surface area contributed by atoms with Gasteiger partial charge >= 0.3 is 0 Å². The number of hydrogen-bond donors (Lipinski definition) is 3. The standard InChI is InChI=1S/C13H25N3O2/c1-12(2)7-5-6-9(12)10(17)15-8-13(3,4)11(14)16-18/h9,18H,5-8H2,1-4H3,(H2,14,16)(H,15,17). The molecule has 4 N–H and O–H groups in total. The van der Waals surface area contributed by atoms with E-state index in [-0.39, 0.29) is 23.1 Å². The number of amides is 1. The first kappa shape index (κ1) is 14.8. The lowest BCUT2D eigenvalue weighted by molar-refractivity contribution is -0.127. The van der Waals surface area contributed by atoms with E-state index in [9.17, 15) is 4.79 Å². The normalized spacial score (nSPS) is 24.0. The zero-order valence-electron chi connectivity index (χ0n) is 11.8. The smallest absolute Gasteiger partial charge is 0.223 e. The Morgan fingerprint density at radius 3 is 2.61 bits per heavy atom. The predicted molar refractivity (Wildman–Crippen MR) is 71.3 cm³/mol. The summed E-state index contributed by atoms with van der Waals surface area (Å²) in [5.74, 6) is 0.283. The van der Waals surface area contributed by atoms with Crippen LogP contribution in [0.3, 0.4) is 0 Å². The Morgan fingerprint density at radius 1 is 1.56 bits per heavy atom. The average Bonchev–Trinajstić information content (AvgIpc) is 2.64. The molecule has 0 bridgehead atoms. The first-order valence-corrected chi connectivity index (χ1v) is 6.46. The molecule has 104 valence electrons. The maximum absolute atomic E-state index is 12.2. The van der Waals surface area contributed by atoms with E-state index in [2.05, 4.69) is 24.3 Å². The van der Waals surface area contributed by atoms with E-state index in [1.165, 1.54) is 0 Å². The van der Waals surface area contributed by atoms with Crippen LogP contribution in [-0.2, 0) is 4.79 Å². The summed E-state index contributed by atoms with van der Waals surface area (Å²) in [6.07, 6.45) is 3.15. The van der Waals surface area contributed by atoms with Gasteiger partial charge in [0.15, 0.2) is 0 Å². The largest absolute Gasteiger partial charge is 0.409 e. The number of oxime groups is 1. The van der Waals surface area contributed by atoms with Crippen molar-refractivity contribution in [3.8, 4) is 0 Å². The Bertz CT molecular complexity index is 348. The molecule has 0 spiro atoms. The predicted octanol–water partition coefficient (Wildman–Crippen LogP) is 1.70. The van der Waals surface area contributed by atoms with Crippen molar-refractivity contribution in [2.45, 2.75) is 47.0 Å². The van der Waals surface area contributed by atoms with Crippen molar-refractivity contribution in [1.82, 2.24) is 5.32 Å². The van der Waals surface area contributed by atoms with Gasteiger partial charge < -0.3 is 16.3 Å². The van der Waals surface area contributed by atoms with Crippen molar-refractivity contribution in [2.75, 3.05) is 6.54 Å². The molecule has 0 aromatic rings. The van der Waals surface area contributed by atoms with Crippen LogP contribution >= 0.6 is 0 Å². The Balaban J connectivity index is 2.57. The molecule has 1 aliphatic rings. The Morgan fingerprint density at radius 2 is 2.17 bits per heavy atom. The van der Waals surface area contributed by atoms with Gasteiger partial charge in [-0.25, -0.2) is 0 Å². The van der Waals surface area contributed by atoms with Crippen molar-refractivity contribution in [3.05, 3.63) is 0 Å². The van der Waals surface area contributed by atoms with Crippen LogP contribution in [0.5, 0.6) is 0 Å². The molecule has 1 saturated carbocycles. The fraction of sp³-hybridized carbons (Fsp3) is 0.846. The van der Waals surface area contributed by atoms with Crippen molar-refractivity contribution in [1.29, 1.82) is 0 Å². The summed E-state index contributed by atoms with van der Waals surface area (Å²) < 4.78 is 0. The van der Waals surface area contributed by atoms with Crippen LogP contribution in [0.25, 0.3) is 0 Å². The third-order valence-corrected chi connectivity index (χ3v) is 4.08. The Kier molecular flexibility index (Phi) is 4.24. The summed E-state index contributed by atoms with van der Waals surface area (Å²) in [5, 5.41) is 14.6. The second-order valence-electron chi connectivity index (χ2n) is 6.52. The quantitative estimate of drug-likeness (QED) is 0.309. The lowest BCUT2D eigenvalue weighted by atomic mass is 9.81. The second-order valence-corrected chi connectivity index (χ2v) is 6.52. The van der Waals surface area contributed by atoms with Gasteiger partial charge in [0, 0.05) is 17.9 Å². The van der Waals surface area contributed by atoms with Crippen LogP contribution in [0.4, 0.5) is 0 Å². The monoisotopic (exact) mass is 255 g/mol. The van der Waals surface area contributed by atoms with Gasteiger partial charge in [-0.2, -0.15) is 0 Å². The number of amidine groups is 1. The number of carbonyl (C=O) groups excluding carboxylic acids is 1. The van der Waals surface area contributed by atoms with Crippen molar-refractivity contribution in [2.24, 2.45) is 27.6 Å². The SMILES string of the molecule is CC(C)(CNC(=O)C1CCCC1(C)C)C(N)=NO. The van der Waals surface area contributed by atoms with Gasteiger partial charge in [-0.3, -0.25) is 4.79 Å². The molecule has 0 aromatic carbocycles.